The minimum absolute atomic E-state index is 0.124. The third-order valence-corrected chi connectivity index (χ3v) is 7.39. The SMILES string of the molecule is CC(C)(C)NC(=O)c1ccccc1SC[C@H](O)[C@H](Cc1ccccc1)NC(=O)[C@H](CC(N)=O)NC(=O)c1cccc[n+]1O. The fraction of sp³-hybridized carbons (Fsp3) is 0.323. The maximum absolute atomic E-state index is 13.4. The Kier molecular flexibility index (Phi) is 11.7. The molecular weight excluding hydrogens is 570 g/mol. The first-order valence-electron chi connectivity index (χ1n) is 13.7. The molecule has 0 spiro atoms. The summed E-state index contributed by atoms with van der Waals surface area (Å²) in [5, 5.41) is 29.4. The highest BCUT2D eigenvalue weighted by Crippen LogP contribution is 2.25. The van der Waals surface area contributed by atoms with Crippen molar-refractivity contribution < 1.29 is 34.2 Å². The summed E-state index contributed by atoms with van der Waals surface area (Å²) in [7, 11) is 0. The third kappa shape index (κ3) is 10.4. The first-order chi connectivity index (χ1) is 20.3. The van der Waals surface area contributed by atoms with Crippen LogP contribution in [0.5, 0.6) is 0 Å². The van der Waals surface area contributed by atoms with E-state index in [0.29, 0.717) is 15.2 Å². The van der Waals surface area contributed by atoms with Crippen molar-refractivity contribution in [2.24, 2.45) is 5.73 Å². The van der Waals surface area contributed by atoms with Crippen LogP contribution in [-0.4, -0.2) is 63.4 Å². The highest BCUT2D eigenvalue weighted by atomic mass is 32.2. The number of nitrogens with zero attached hydrogens (tertiary/aromatic N) is 1. The summed E-state index contributed by atoms with van der Waals surface area (Å²) in [5.74, 6) is -2.48. The van der Waals surface area contributed by atoms with Gasteiger partial charge in [0.2, 0.25) is 18.0 Å². The van der Waals surface area contributed by atoms with Gasteiger partial charge in [0.15, 0.2) is 0 Å². The van der Waals surface area contributed by atoms with Gasteiger partial charge in [-0.15, -0.1) is 11.8 Å². The van der Waals surface area contributed by atoms with Crippen LogP contribution in [0.1, 0.15) is 53.6 Å². The molecule has 3 atom stereocenters. The minimum atomic E-state index is -1.37. The topological polar surface area (TPSA) is 175 Å². The molecule has 1 heterocycles. The van der Waals surface area contributed by atoms with Crippen molar-refractivity contribution >= 4 is 35.4 Å². The maximum atomic E-state index is 13.4. The minimum Gasteiger partial charge on any atom is -0.390 e. The predicted octanol–water partition coefficient (Wildman–Crippen LogP) is 1.59. The number of nitrogens with two attached hydrogens (primary N) is 1. The molecule has 3 aromatic rings. The predicted molar refractivity (Wildman–Crippen MR) is 161 cm³/mol. The number of pyridine rings is 1. The lowest BCUT2D eigenvalue weighted by Gasteiger charge is -2.27. The lowest BCUT2D eigenvalue weighted by molar-refractivity contribution is -0.905. The molecule has 1 aromatic heterocycles. The smallest absolute Gasteiger partial charge is 0.321 e. The summed E-state index contributed by atoms with van der Waals surface area (Å²) in [5.41, 5.74) is 6.07. The van der Waals surface area contributed by atoms with Crippen LogP contribution in [-0.2, 0) is 16.0 Å². The normalized spacial score (nSPS) is 13.3. The summed E-state index contributed by atoms with van der Waals surface area (Å²) < 4.78 is 0.591. The van der Waals surface area contributed by atoms with Gasteiger partial charge >= 0.3 is 11.6 Å². The van der Waals surface area contributed by atoms with Crippen LogP contribution in [0.25, 0.3) is 0 Å². The second-order valence-electron chi connectivity index (χ2n) is 11.0. The number of thioether (sulfide) groups is 1. The van der Waals surface area contributed by atoms with Crippen LogP contribution in [0, 0.1) is 0 Å². The number of aliphatic hydroxyl groups is 1. The summed E-state index contributed by atoms with van der Waals surface area (Å²) in [6, 6.07) is 18.4. The first-order valence-corrected chi connectivity index (χ1v) is 14.7. The van der Waals surface area contributed by atoms with Gasteiger partial charge in [0.25, 0.3) is 5.91 Å². The lowest BCUT2D eigenvalue weighted by atomic mass is 10.0. The van der Waals surface area contributed by atoms with Crippen LogP contribution >= 0.6 is 11.8 Å². The number of carbonyl (C=O) groups is 4. The molecule has 7 N–H and O–H groups in total. The van der Waals surface area contributed by atoms with Gasteiger partial charge in [-0.2, -0.15) is 0 Å². The van der Waals surface area contributed by atoms with Gasteiger partial charge < -0.3 is 26.8 Å². The fourth-order valence-corrected chi connectivity index (χ4v) is 5.24. The van der Waals surface area contributed by atoms with Gasteiger partial charge in [-0.05, 0) is 51.0 Å². The van der Waals surface area contributed by atoms with Gasteiger partial charge in [-0.25, -0.2) is 0 Å². The number of hydrogen-bond donors (Lipinski definition) is 6. The van der Waals surface area contributed by atoms with Crippen molar-refractivity contribution in [1.82, 2.24) is 16.0 Å². The Labute approximate surface area is 254 Å². The number of benzene rings is 2. The van der Waals surface area contributed by atoms with E-state index in [1.165, 1.54) is 36.2 Å². The molecule has 12 heteroatoms. The van der Waals surface area contributed by atoms with E-state index < -0.39 is 47.9 Å². The molecule has 43 heavy (non-hydrogen) atoms. The van der Waals surface area contributed by atoms with Gasteiger partial charge in [-0.3, -0.25) is 24.4 Å². The fourth-order valence-electron chi connectivity index (χ4n) is 4.17. The van der Waals surface area contributed by atoms with E-state index in [-0.39, 0.29) is 23.8 Å². The average Bonchev–Trinajstić information content (AvgIpc) is 2.95. The molecule has 0 aliphatic carbocycles. The number of amides is 4. The van der Waals surface area contributed by atoms with Gasteiger partial charge in [0.05, 0.1) is 24.1 Å². The molecule has 0 fully saturated rings. The Morgan fingerprint density at radius 3 is 2.21 bits per heavy atom. The molecule has 0 unspecified atom stereocenters. The summed E-state index contributed by atoms with van der Waals surface area (Å²) in [4.78, 5) is 51.5. The molecule has 0 radical (unpaired) electrons. The third-order valence-electron chi connectivity index (χ3n) is 6.22. The molecule has 228 valence electrons. The van der Waals surface area contributed by atoms with E-state index in [4.69, 9.17) is 5.73 Å². The average molecular weight is 609 g/mol. The monoisotopic (exact) mass is 608 g/mol. The molecule has 0 aliphatic rings. The zero-order valence-corrected chi connectivity index (χ0v) is 25.1. The Balaban J connectivity index is 1.79. The molecule has 0 bridgehead atoms. The Morgan fingerprint density at radius 2 is 1.56 bits per heavy atom. The van der Waals surface area contributed by atoms with Gasteiger partial charge in [-0.1, -0.05) is 42.5 Å². The van der Waals surface area contributed by atoms with Crippen molar-refractivity contribution in [2.45, 2.75) is 62.2 Å². The van der Waals surface area contributed by atoms with Crippen LogP contribution in [0.3, 0.4) is 0 Å². The summed E-state index contributed by atoms with van der Waals surface area (Å²) in [6.45, 7) is 5.66. The van der Waals surface area contributed by atoms with E-state index in [1.807, 2.05) is 51.1 Å². The van der Waals surface area contributed by atoms with Crippen LogP contribution in [0.4, 0.5) is 0 Å². The molecule has 0 saturated heterocycles. The van der Waals surface area contributed by atoms with E-state index >= 15 is 0 Å². The lowest BCUT2D eigenvalue weighted by Crippen LogP contribution is -2.55. The van der Waals surface area contributed by atoms with Gasteiger partial charge in [0, 0.05) is 33.1 Å². The Hall–Kier alpha value is -4.42. The molecule has 0 aliphatic heterocycles. The van der Waals surface area contributed by atoms with E-state index in [1.54, 1.807) is 24.3 Å². The summed E-state index contributed by atoms with van der Waals surface area (Å²) >= 11 is 1.27. The molecule has 2 aromatic carbocycles. The number of aromatic nitrogens is 1. The Morgan fingerprint density at radius 1 is 0.907 bits per heavy atom. The molecule has 0 saturated carbocycles. The number of aliphatic hydroxyl groups excluding tert-OH is 1. The molecule has 11 nitrogen and oxygen atoms in total. The standard InChI is InChI=1S/C31H37N5O6S/c1-31(2,3)35-28(39)21-13-7-8-15-26(21)43-19-25(37)22(17-20-11-5-4-6-12-20)33-29(40)23(18-27(32)38)34-30(41)24-14-9-10-16-36(24)42/h4-16,22-23,25,37H,17-19H2,1-3H3,(H5-,32,33,34,35,38,39,40,41,42)/p+1/t22-,23-,25-/m0/s1. The zero-order chi connectivity index (χ0) is 31.6. The number of nitrogens with one attached hydrogen (secondary N) is 3. The van der Waals surface area contributed by atoms with Gasteiger partial charge in [0.1, 0.15) is 6.04 Å². The van der Waals surface area contributed by atoms with E-state index in [9.17, 15) is 29.5 Å². The van der Waals surface area contributed by atoms with Crippen molar-refractivity contribution in [3.05, 3.63) is 95.8 Å². The molecule has 4 amide bonds. The van der Waals surface area contributed by atoms with Crippen LogP contribution < -0.4 is 26.4 Å². The first kappa shape index (κ1) is 33.1. The second-order valence-corrected chi connectivity index (χ2v) is 12.1. The second kappa shape index (κ2) is 15.2. The molecular formula is C31H38N5O6S+. The summed E-state index contributed by atoms with van der Waals surface area (Å²) in [6.07, 6.45) is -0.110. The van der Waals surface area contributed by atoms with Crippen LogP contribution in [0.2, 0.25) is 0 Å². The highest BCUT2D eigenvalue weighted by molar-refractivity contribution is 7.99. The van der Waals surface area contributed by atoms with Crippen molar-refractivity contribution in [2.75, 3.05) is 5.75 Å². The maximum Gasteiger partial charge on any atom is 0.321 e. The number of carbonyl (C=O) groups excluding carboxylic acids is 4. The van der Waals surface area contributed by atoms with Crippen molar-refractivity contribution in [3.8, 4) is 0 Å². The van der Waals surface area contributed by atoms with Crippen molar-refractivity contribution in [3.63, 3.8) is 0 Å². The molecule has 3 rings (SSSR count). The number of rotatable bonds is 13. The number of hydrogen-bond acceptors (Lipinski definition) is 7. The largest absolute Gasteiger partial charge is 0.390 e. The van der Waals surface area contributed by atoms with E-state index in [2.05, 4.69) is 16.0 Å². The highest BCUT2D eigenvalue weighted by Gasteiger charge is 2.31. The van der Waals surface area contributed by atoms with Crippen LogP contribution in [0.15, 0.2) is 83.9 Å². The van der Waals surface area contributed by atoms with E-state index in [0.717, 1.165) is 5.56 Å². The quantitative estimate of drug-likeness (QED) is 0.0971. The van der Waals surface area contributed by atoms with Crippen molar-refractivity contribution in [1.29, 1.82) is 0 Å². The zero-order valence-electron chi connectivity index (χ0n) is 24.3. The Bertz CT molecular complexity index is 1430. The number of primary amides is 1.